The Morgan fingerprint density at radius 3 is 3.06 bits per heavy atom. The minimum atomic E-state index is 0.485. The molecule has 2 N–H and O–H groups in total. The fourth-order valence-electron chi connectivity index (χ4n) is 1.34. The molecule has 0 spiro atoms. The van der Waals surface area contributed by atoms with Gasteiger partial charge in [0.25, 0.3) is 5.89 Å². The summed E-state index contributed by atoms with van der Waals surface area (Å²) in [5.74, 6) is 1.12. The molecular formula is C11H13N3O2. The van der Waals surface area contributed by atoms with E-state index in [9.17, 15) is 0 Å². The van der Waals surface area contributed by atoms with Crippen LogP contribution in [0.1, 0.15) is 5.82 Å². The summed E-state index contributed by atoms with van der Waals surface area (Å²) in [5, 5.41) is 3.85. The van der Waals surface area contributed by atoms with E-state index in [4.69, 9.17) is 15.0 Å². The standard InChI is InChI=1S/C11H13N3O2/c1-15-6-5-10-13-11(16-14-10)8-3-2-4-9(12)7-8/h2-4,7H,5-6,12H2,1H3. The van der Waals surface area contributed by atoms with Crippen molar-refractivity contribution in [1.82, 2.24) is 10.1 Å². The van der Waals surface area contributed by atoms with Crippen molar-refractivity contribution < 1.29 is 9.26 Å². The second kappa shape index (κ2) is 4.76. The molecule has 5 nitrogen and oxygen atoms in total. The molecule has 1 aromatic carbocycles. The van der Waals surface area contributed by atoms with Crippen molar-refractivity contribution in [1.29, 1.82) is 0 Å². The van der Waals surface area contributed by atoms with Gasteiger partial charge in [0.1, 0.15) is 0 Å². The van der Waals surface area contributed by atoms with Crippen LogP contribution in [0.4, 0.5) is 5.69 Å². The van der Waals surface area contributed by atoms with Crippen LogP contribution < -0.4 is 5.73 Å². The van der Waals surface area contributed by atoms with Gasteiger partial charge in [-0.1, -0.05) is 11.2 Å². The monoisotopic (exact) mass is 219 g/mol. The Morgan fingerprint density at radius 1 is 1.44 bits per heavy atom. The number of nitrogen functional groups attached to an aromatic ring is 1. The lowest BCUT2D eigenvalue weighted by Crippen LogP contribution is -1.96. The Bertz CT molecular complexity index is 468. The maximum absolute atomic E-state index is 5.67. The smallest absolute Gasteiger partial charge is 0.257 e. The molecule has 0 unspecified atom stereocenters. The lowest BCUT2D eigenvalue weighted by molar-refractivity contribution is 0.199. The number of ether oxygens (including phenoxy) is 1. The van der Waals surface area contributed by atoms with Crippen LogP contribution >= 0.6 is 0 Å². The third-order valence-corrected chi connectivity index (χ3v) is 2.13. The zero-order valence-electron chi connectivity index (χ0n) is 9.01. The fraction of sp³-hybridized carbons (Fsp3) is 0.273. The van der Waals surface area contributed by atoms with Gasteiger partial charge in [-0.2, -0.15) is 4.98 Å². The molecule has 1 aromatic heterocycles. The quantitative estimate of drug-likeness (QED) is 0.789. The predicted molar refractivity (Wildman–Crippen MR) is 59.7 cm³/mol. The highest BCUT2D eigenvalue weighted by atomic mass is 16.5. The molecule has 0 atom stereocenters. The number of aromatic nitrogens is 2. The minimum Gasteiger partial charge on any atom is -0.399 e. The number of methoxy groups -OCH3 is 1. The summed E-state index contributed by atoms with van der Waals surface area (Å²) in [6, 6.07) is 7.34. The van der Waals surface area contributed by atoms with Crippen LogP contribution in [-0.2, 0) is 11.2 Å². The number of hydrogen-bond acceptors (Lipinski definition) is 5. The summed E-state index contributed by atoms with van der Waals surface area (Å²) >= 11 is 0. The number of nitrogens with zero attached hydrogens (tertiary/aromatic N) is 2. The second-order valence-electron chi connectivity index (χ2n) is 3.38. The second-order valence-corrected chi connectivity index (χ2v) is 3.38. The van der Waals surface area contributed by atoms with Crippen LogP contribution in [0.3, 0.4) is 0 Å². The first kappa shape index (κ1) is 10.6. The zero-order valence-corrected chi connectivity index (χ0v) is 9.01. The van der Waals surface area contributed by atoms with Gasteiger partial charge in [0, 0.05) is 24.8 Å². The third kappa shape index (κ3) is 2.38. The molecule has 1 heterocycles. The van der Waals surface area contributed by atoms with E-state index in [1.165, 1.54) is 0 Å². The molecule has 0 fully saturated rings. The molecule has 16 heavy (non-hydrogen) atoms. The summed E-state index contributed by atoms with van der Waals surface area (Å²) in [6.45, 7) is 0.579. The zero-order chi connectivity index (χ0) is 11.4. The van der Waals surface area contributed by atoms with E-state index in [1.54, 1.807) is 13.2 Å². The van der Waals surface area contributed by atoms with Gasteiger partial charge in [0.2, 0.25) is 0 Å². The van der Waals surface area contributed by atoms with Gasteiger partial charge in [-0.3, -0.25) is 0 Å². The van der Waals surface area contributed by atoms with Crippen LogP contribution in [0.2, 0.25) is 0 Å². The van der Waals surface area contributed by atoms with E-state index in [0.29, 0.717) is 30.4 Å². The predicted octanol–water partition coefficient (Wildman–Crippen LogP) is 1.51. The summed E-state index contributed by atoms with van der Waals surface area (Å²) in [4.78, 5) is 4.25. The molecule has 0 aliphatic carbocycles. The molecule has 0 saturated carbocycles. The summed E-state index contributed by atoms with van der Waals surface area (Å²) in [5.41, 5.74) is 7.18. The Morgan fingerprint density at radius 2 is 2.31 bits per heavy atom. The van der Waals surface area contributed by atoms with Gasteiger partial charge < -0.3 is 15.0 Å². The molecule has 84 valence electrons. The largest absolute Gasteiger partial charge is 0.399 e. The van der Waals surface area contributed by atoms with Crippen molar-refractivity contribution in [2.24, 2.45) is 0 Å². The van der Waals surface area contributed by atoms with Gasteiger partial charge in [0.05, 0.1) is 6.61 Å². The maximum Gasteiger partial charge on any atom is 0.257 e. The Labute approximate surface area is 93.2 Å². The average Bonchev–Trinajstić information content (AvgIpc) is 2.75. The summed E-state index contributed by atoms with van der Waals surface area (Å²) in [7, 11) is 1.64. The Balaban J connectivity index is 2.18. The number of benzene rings is 1. The van der Waals surface area contributed by atoms with Gasteiger partial charge in [-0.05, 0) is 18.2 Å². The molecule has 0 amide bonds. The summed E-state index contributed by atoms with van der Waals surface area (Å²) in [6.07, 6.45) is 0.641. The lowest BCUT2D eigenvalue weighted by atomic mass is 10.2. The van der Waals surface area contributed by atoms with Crippen LogP contribution in [0.5, 0.6) is 0 Å². The van der Waals surface area contributed by atoms with Crippen LogP contribution in [0.25, 0.3) is 11.5 Å². The minimum absolute atomic E-state index is 0.485. The van der Waals surface area contributed by atoms with E-state index in [0.717, 1.165) is 5.56 Å². The Kier molecular flexibility index (Phi) is 3.16. The lowest BCUT2D eigenvalue weighted by Gasteiger charge is -1.95. The molecule has 2 rings (SSSR count). The van der Waals surface area contributed by atoms with Crippen molar-refractivity contribution in [3.05, 3.63) is 30.1 Å². The van der Waals surface area contributed by atoms with Gasteiger partial charge in [0.15, 0.2) is 5.82 Å². The topological polar surface area (TPSA) is 74.2 Å². The molecule has 0 aliphatic heterocycles. The molecule has 5 heteroatoms. The van der Waals surface area contributed by atoms with Crippen LogP contribution in [-0.4, -0.2) is 23.9 Å². The number of nitrogens with two attached hydrogens (primary N) is 1. The van der Waals surface area contributed by atoms with Crippen molar-refractivity contribution in [2.45, 2.75) is 6.42 Å². The van der Waals surface area contributed by atoms with E-state index in [2.05, 4.69) is 10.1 Å². The van der Waals surface area contributed by atoms with Crippen LogP contribution in [0.15, 0.2) is 28.8 Å². The van der Waals surface area contributed by atoms with E-state index in [-0.39, 0.29) is 0 Å². The number of rotatable bonds is 4. The first-order valence-electron chi connectivity index (χ1n) is 4.97. The van der Waals surface area contributed by atoms with Crippen molar-refractivity contribution >= 4 is 5.69 Å². The first-order chi connectivity index (χ1) is 7.79. The van der Waals surface area contributed by atoms with Gasteiger partial charge >= 0.3 is 0 Å². The van der Waals surface area contributed by atoms with Gasteiger partial charge in [-0.25, -0.2) is 0 Å². The molecule has 0 saturated heterocycles. The van der Waals surface area contributed by atoms with E-state index < -0.39 is 0 Å². The van der Waals surface area contributed by atoms with Crippen molar-refractivity contribution in [3.8, 4) is 11.5 Å². The highest BCUT2D eigenvalue weighted by molar-refractivity contribution is 5.59. The summed E-state index contributed by atoms with van der Waals surface area (Å²) < 4.78 is 10.1. The number of anilines is 1. The molecule has 0 aliphatic rings. The normalized spacial score (nSPS) is 10.6. The SMILES string of the molecule is COCCc1noc(-c2cccc(N)c2)n1. The van der Waals surface area contributed by atoms with Crippen molar-refractivity contribution in [3.63, 3.8) is 0 Å². The third-order valence-electron chi connectivity index (χ3n) is 2.13. The Hall–Kier alpha value is -1.88. The number of hydrogen-bond donors (Lipinski definition) is 1. The maximum atomic E-state index is 5.67. The van der Waals surface area contributed by atoms with Crippen molar-refractivity contribution in [2.75, 3.05) is 19.5 Å². The van der Waals surface area contributed by atoms with Gasteiger partial charge in [-0.15, -0.1) is 0 Å². The molecule has 0 bridgehead atoms. The first-order valence-corrected chi connectivity index (χ1v) is 4.97. The molecular weight excluding hydrogens is 206 g/mol. The highest BCUT2D eigenvalue weighted by Crippen LogP contribution is 2.19. The molecule has 2 aromatic rings. The average molecular weight is 219 g/mol. The fourth-order valence-corrected chi connectivity index (χ4v) is 1.34. The van der Waals surface area contributed by atoms with Crippen LogP contribution in [0, 0.1) is 0 Å². The molecule has 0 radical (unpaired) electrons. The van der Waals surface area contributed by atoms with E-state index >= 15 is 0 Å². The highest BCUT2D eigenvalue weighted by Gasteiger charge is 2.08. The van der Waals surface area contributed by atoms with E-state index in [1.807, 2.05) is 18.2 Å².